The maximum atomic E-state index is 10.4. The van der Waals surface area contributed by atoms with Crippen LogP contribution in [-0.4, -0.2) is 38.2 Å². The zero-order chi connectivity index (χ0) is 27.8. The van der Waals surface area contributed by atoms with Crippen molar-refractivity contribution in [2.45, 2.75) is 65.5 Å². The van der Waals surface area contributed by atoms with Gasteiger partial charge in [-0.05, 0) is 46.6 Å². The first-order chi connectivity index (χ1) is 18.7. The van der Waals surface area contributed by atoms with Crippen molar-refractivity contribution in [3.8, 4) is 22.8 Å². The molecule has 2 heterocycles. The van der Waals surface area contributed by atoms with E-state index >= 15 is 0 Å². The molecule has 5 rings (SSSR count). The normalized spacial score (nSPS) is 15.0. The minimum Gasteiger partial charge on any atom is -0.507 e. The first-order valence-corrected chi connectivity index (χ1v) is 13.8. The molecule has 0 saturated carbocycles. The smallest absolute Gasteiger partial charge is 0.268 e. The summed E-state index contributed by atoms with van der Waals surface area (Å²) in [4.78, 5) is 9.76. The van der Waals surface area contributed by atoms with Crippen molar-refractivity contribution in [2.75, 3.05) is 7.05 Å². The Kier molecular flexibility index (Phi) is 8.95. The molecule has 1 atom stereocenters. The van der Waals surface area contributed by atoms with Gasteiger partial charge in [0, 0.05) is 39.1 Å². The van der Waals surface area contributed by atoms with Gasteiger partial charge in [-0.2, -0.15) is 0 Å². The number of rotatable bonds is 7. The Morgan fingerprint density at radius 1 is 0.875 bits per heavy atom. The number of aromatic nitrogens is 2. The molecule has 1 unspecified atom stereocenters. The second-order valence-corrected chi connectivity index (χ2v) is 11.4. The van der Waals surface area contributed by atoms with E-state index in [4.69, 9.17) is 9.98 Å². The second-order valence-electron chi connectivity index (χ2n) is 11.4. The number of para-hydroxylation sites is 1. The molecule has 0 spiro atoms. The molecule has 1 N–H and O–H groups in total. The van der Waals surface area contributed by atoms with Crippen LogP contribution in [0.3, 0.4) is 0 Å². The van der Waals surface area contributed by atoms with Crippen molar-refractivity contribution in [2.24, 2.45) is 4.99 Å². The number of benzene rings is 3. The number of hydrogen-bond donors (Lipinski definition) is 1. The number of aromatic hydroxyl groups is 1. The third kappa shape index (κ3) is 5.62. The maximum absolute atomic E-state index is 10.4. The fraction of sp³-hybridized carbons (Fsp3) is 0.324. The molecule has 0 fully saturated rings. The van der Waals surface area contributed by atoms with Crippen molar-refractivity contribution in [1.29, 1.82) is 0 Å². The Labute approximate surface area is 252 Å². The quantitative estimate of drug-likeness (QED) is 0.158. The Morgan fingerprint density at radius 3 is 2.15 bits per heavy atom. The van der Waals surface area contributed by atoms with Gasteiger partial charge in [0.2, 0.25) is 0 Å². The molecule has 0 aliphatic carbocycles. The first-order valence-electron chi connectivity index (χ1n) is 13.8. The predicted molar refractivity (Wildman–Crippen MR) is 160 cm³/mol. The summed E-state index contributed by atoms with van der Waals surface area (Å²) in [5, 5.41) is 10.4. The molecule has 40 heavy (non-hydrogen) atoms. The molecule has 5 nitrogen and oxygen atoms in total. The van der Waals surface area contributed by atoms with E-state index in [0.717, 1.165) is 28.2 Å². The van der Waals surface area contributed by atoms with Gasteiger partial charge in [-0.25, -0.2) is 9.57 Å². The summed E-state index contributed by atoms with van der Waals surface area (Å²) in [5.41, 5.74) is 8.69. The molecule has 0 amide bonds. The van der Waals surface area contributed by atoms with Crippen molar-refractivity contribution < 1.29 is 30.7 Å². The van der Waals surface area contributed by atoms with E-state index in [2.05, 4.69) is 76.6 Å². The summed E-state index contributed by atoms with van der Waals surface area (Å²) in [6.45, 7) is 13.6. The molecule has 1 aliphatic rings. The van der Waals surface area contributed by atoms with Crippen LogP contribution >= 0.6 is 0 Å². The van der Waals surface area contributed by atoms with Gasteiger partial charge < -0.3 is 9.67 Å². The SMILES string of the molecule is CC(C)c1cc(C(C)C)c(-n2ccnc2-c2[c-]c(C3=NC(c4ccccc4O)[N+](C)=C3)ccc2)c(C(C)C)c1.[Pt]. The standard InChI is InChI=1S/C34H38N4O.Pt/c1-21(2)26-18-28(22(3)4)32(29(19-26)23(5)6)38-16-15-35-33(38)25-12-10-11-24(17-25)30-20-37(7)34(36-30)27-13-8-9-14-31(27)39;/h8-16,18-23,34,39H,1-7H3;. The summed E-state index contributed by atoms with van der Waals surface area (Å²) >= 11 is 0. The van der Waals surface area contributed by atoms with E-state index < -0.39 is 0 Å². The topological polar surface area (TPSA) is 53.4 Å². The zero-order valence-electron chi connectivity index (χ0n) is 24.3. The first kappa shape index (κ1) is 29.7. The van der Waals surface area contributed by atoms with Crippen LogP contribution in [0.1, 0.15) is 93.3 Å². The summed E-state index contributed by atoms with van der Waals surface area (Å²) in [7, 11) is 1.98. The van der Waals surface area contributed by atoms with E-state index in [1.54, 1.807) is 6.07 Å². The molecule has 1 aromatic heterocycles. The fourth-order valence-electron chi connectivity index (χ4n) is 5.28. The van der Waals surface area contributed by atoms with Crippen LogP contribution in [0.25, 0.3) is 17.1 Å². The molecule has 3 aromatic carbocycles. The summed E-state index contributed by atoms with van der Waals surface area (Å²) in [6.07, 6.45) is 5.68. The van der Waals surface area contributed by atoms with E-state index in [-0.39, 0.29) is 33.0 Å². The van der Waals surface area contributed by atoms with Gasteiger partial charge in [0.15, 0.2) is 6.21 Å². The molecule has 0 saturated heterocycles. The van der Waals surface area contributed by atoms with Gasteiger partial charge in [0.25, 0.3) is 6.17 Å². The number of hydrogen-bond acceptors (Lipinski definition) is 3. The van der Waals surface area contributed by atoms with E-state index in [0.29, 0.717) is 17.8 Å². The number of aliphatic imine (C=N–C) groups is 1. The largest absolute Gasteiger partial charge is 0.507 e. The Hall–Kier alpha value is -3.30. The molecular formula is C34H38N4OPt. The van der Waals surface area contributed by atoms with Crippen molar-refractivity contribution in [3.05, 3.63) is 101 Å². The number of imidazole rings is 1. The predicted octanol–water partition coefficient (Wildman–Crippen LogP) is 7.63. The average Bonchev–Trinajstić information content (AvgIpc) is 3.55. The minimum atomic E-state index is -0.276. The van der Waals surface area contributed by atoms with Gasteiger partial charge in [-0.3, -0.25) is 4.98 Å². The van der Waals surface area contributed by atoms with Crippen LogP contribution in [0.5, 0.6) is 5.75 Å². The summed E-state index contributed by atoms with van der Waals surface area (Å²) in [6, 6.07) is 21.8. The van der Waals surface area contributed by atoms with Crippen LogP contribution in [0.4, 0.5) is 0 Å². The molecule has 4 aromatic rings. The van der Waals surface area contributed by atoms with Crippen LogP contribution in [-0.2, 0) is 21.1 Å². The second kappa shape index (κ2) is 12.1. The minimum absolute atomic E-state index is 0. The summed E-state index contributed by atoms with van der Waals surface area (Å²) < 4.78 is 4.26. The van der Waals surface area contributed by atoms with Crippen molar-refractivity contribution >= 4 is 11.9 Å². The third-order valence-corrected chi connectivity index (χ3v) is 7.48. The third-order valence-electron chi connectivity index (χ3n) is 7.48. The number of phenolic OH excluding ortho intramolecular Hbond substituents is 1. The maximum Gasteiger partial charge on any atom is 0.268 e. The van der Waals surface area contributed by atoms with Crippen LogP contribution in [0.15, 0.2) is 72.0 Å². The van der Waals surface area contributed by atoms with Gasteiger partial charge in [-0.15, -0.1) is 24.3 Å². The molecule has 0 radical (unpaired) electrons. The van der Waals surface area contributed by atoms with Crippen molar-refractivity contribution in [3.63, 3.8) is 0 Å². The number of nitrogens with zero attached hydrogens (tertiary/aromatic N) is 4. The van der Waals surface area contributed by atoms with Crippen molar-refractivity contribution in [1.82, 2.24) is 9.55 Å². The van der Waals surface area contributed by atoms with Crippen LogP contribution in [0, 0.1) is 6.07 Å². The van der Waals surface area contributed by atoms with Gasteiger partial charge in [0.1, 0.15) is 12.8 Å². The monoisotopic (exact) mass is 713 g/mol. The molecule has 6 heteroatoms. The van der Waals surface area contributed by atoms with E-state index in [9.17, 15) is 5.11 Å². The molecular weight excluding hydrogens is 675 g/mol. The molecule has 1 aliphatic heterocycles. The Bertz CT molecular complexity index is 1550. The Balaban J connectivity index is 0.00000370. The van der Waals surface area contributed by atoms with Gasteiger partial charge >= 0.3 is 0 Å². The van der Waals surface area contributed by atoms with E-state index in [1.165, 1.54) is 22.4 Å². The number of phenols is 1. The van der Waals surface area contributed by atoms with Gasteiger partial charge in [-0.1, -0.05) is 76.9 Å². The average molecular weight is 714 g/mol. The Morgan fingerprint density at radius 2 is 1.52 bits per heavy atom. The molecule has 0 bridgehead atoms. The molecule has 210 valence electrons. The zero-order valence-corrected chi connectivity index (χ0v) is 26.6. The van der Waals surface area contributed by atoms with Crippen LogP contribution < -0.4 is 0 Å². The van der Waals surface area contributed by atoms with Gasteiger partial charge in [0.05, 0.1) is 17.1 Å². The fourth-order valence-corrected chi connectivity index (χ4v) is 5.28. The van der Waals surface area contributed by atoms with E-state index in [1.807, 2.05) is 54.4 Å². The van der Waals surface area contributed by atoms with Crippen LogP contribution in [0.2, 0.25) is 0 Å². The summed E-state index contributed by atoms with van der Waals surface area (Å²) in [5.74, 6) is 2.31.